The molecule has 1 saturated heterocycles. The largest absolute Gasteiger partial charge is 0.486 e. The van der Waals surface area contributed by atoms with Gasteiger partial charge >= 0.3 is 0 Å². The Balaban J connectivity index is 1.29. The van der Waals surface area contributed by atoms with E-state index in [4.69, 9.17) is 9.72 Å². The third kappa shape index (κ3) is 5.76. The van der Waals surface area contributed by atoms with Crippen molar-refractivity contribution in [2.75, 3.05) is 56.3 Å². The summed E-state index contributed by atoms with van der Waals surface area (Å²) in [4.78, 5) is 42.5. The van der Waals surface area contributed by atoms with Crippen molar-refractivity contribution in [1.82, 2.24) is 25.1 Å². The highest BCUT2D eigenvalue weighted by atomic mass is 16.5. The first-order valence-electron chi connectivity index (χ1n) is 15.5. The van der Waals surface area contributed by atoms with Crippen LogP contribution in [0.4, 0.5) is 23.1 Å². The van der Waals surface area contributed by atoms with Gasteiger partial charge in [-0.15, -0.1) is 0 Å². The number of benzene rings is 1. The molecule has 1 aromatic carbocycles. The lowest BCUT2D eigenvalue weighted by atomic mass is 9.99. The van der Waals surface area contributed by atoms with Crippen LogP contribution in [0.15, 0.2) is 18.3 Å². The Labute approximate surface area is 248 Å². The van der Waals surface area contributed by atoms with E-state index in [9.17, 15) is 9.59 Å². The quantitative estimate of drug-likeness (QED) is 0.435. The number of nitrogens with one attached hydrogen (secondary N) is 3. The molecule has 42 heavy (non-hydrogen) atoms. The summed E-state index contributed by atoms with van der Waals surface area (Å²) in [5, 5.41) is 9.69. The lowest BCUT2D eigenvalue weighted by Gasteiger charge is -2.40. The lowest BCUT2D eigenvalue weighted by molar-refractivity contribution is -0.117. The summed E-state index contributed by atoms with van der Waals surface area (Å²) >= 11 is 0. The van der Waals surface area contributed by atoms with Crippen LogP contribution in [0.2, 0.25) is 0 Å². The number of ether oxygens (including phenoxy) is 1. The average molecular weight is 577 g/mol. The van der Waals surface area contributed by atoms with Crippen LogP contribution in [0, 0.1) is 0 Å². The van der Waals surface area contributed by atoms with Gasteiger partial charge in [0, 0.05) is 36.2 Å². The standard InChI is InChI=1S/C31H44N8O3/c1-5-26-30(41)34-25-17-32-31(36-28(25)39(26)20-8-6-7-9-20)35-24-11-10-22(23-16-21(18-37(2)3)42-27(23)24)29(40)33-19-12-14-38(4)15-13-19/h10-11,17,19-21,26H,5-9,12-16,18H2,1-4H3,(H,33,40)(H,34,41)(H,32,35,36)/t21?,26-/m1/s1. The minimum atomic E-state index is -0.245. The van der Waals surface area contributed by atoms with E-state index in [1.54, 1.807) is 6.20 Å². The Morgan fingerprint density at radius 1 is 1.17 bits per heavy atom. The monoisotopic (exact) mass is 576 g/mol. The predicted octanol–water partition coefficient (Wildman–Crippen LogP) is 3.39. The van der Waals surface area contributed by atoms with E-state index < -0.39 is 0 Å². The summed E-state index contributed by atoms with van der Waals surface area (Å²) in [6, 6.07) is 4.02. The highest BCUT2D eigenvalue weighted by molar-refractivity contribution is 6.03. The van der Waals surface area contributed by atoms with E-state index >= 15 is 0 Å². The zero-order valence-corrected chi connectivity index (χ0v) is 25.3. The maximum absolute atomic E-state index is 13.5. The Bertz CT molecular complexity index is 1320. The van der Waals surface area contributed by atoms with Crippen molar-refractivity contribution in [3.8, 4) is 5.75 Å². The Morgan fingerprint density at radius 2 is 1.93 bits per heavy atom. The van der Waals surface area contributed by atoms with Crippen LogP contribution in [0.25, 0.3) is 0 Å². The molecule has 4 heterocycles. The van der Waals surface area contributed by atoms with Crippen LogP contribution in [0.5, 0.6) is 5.75 Å². The second-order valence-electron chi connectivity index (χ2n) is 12.5. The van der Waals surface area contributed by atoms with E-state index in [2.05, 4.69) is 42.7 Å². The first-order valence-corrected chi connectivity index (χ1v) is 15.5. The van der Waals surface area contributed by atoms with Gasteiger partial charge in [-0.3, -0.25) is 9.59 Å². The number of likely N-dealkylation sites (tertiary alicyclic amines) is 1. The summed E-state index contributed by atoms with van der Waals surface area (Å²) in [7, 11) is 6.17. The highest BCUT2D eigenvalue weighted by Crippen LogP contribution is 2.41. The molecule has 1 aliphatic carbocycles. The number of hydrogen-bond acceptors (Lipinski definition) is 9. The van der Waals surface area contributed by atoms with Gasteiger partial charge in [-0.2, -0.15) is 4.98 Å². The lowest BCUT2D eigenvalue weighted by Crippen LogP contribution is -2.52. The zero-order valence-electron chi connectivity index (χ0n) is 25.3. The molecule has 6 rings (SSSR count). The van der Waals surface area contributed by atoms with E-state index in [0.29, 0.717) is 41.8 Å². The number of nitrogens with zero attached hydrogens (tertiary/aromatic N) is 5. The van der Waals surface area contributed by atoms with Crippen LogP contribution in [0.3, 0.4) is 0 Å². The fourth-order valence-corrected chi connectivity index (χ4v) is 6.96. The number of aromatic nitrogens is 2. The molecule has 226 valence electrons. The summed E-state index contributed by atoms with van der Waals surface area (Å²) in [6.45, 7) is 4.77. The molecule has 0 spiro atoms. The van der Waals surface area contributed by atoms with Crippen molar-refractivity contribution in [1.29, 1.82) is 0 Å². The number of rotatable bonds is 8. The fraction of sp³-hybridized carbons (Fsp3) is 0.613. The van der Waals surface area contributed by atoms with Crippen LogP contribution >= 0.6 is 0 Å². The molecule has 1 unspecified atom stereocenters. The van der Waals surface area contributed by atoms with Crippen molar-refractivity contribution in [2.45, 2.75) is 82.5 Å². The van der Waals surface area contributed by atoms with Crippen LogP contribution < -0.4 is 25.6 Å². The maximum Gasteiger partial charge on any atom is 0.251 e. The van der Waals surface area contributed by atoms with Crippen molar-refractivity contribution in [3.05, 3.63) is 29.5 Å². The van der Waals surface area contributed by atoms with Crippen LogP contribution in [-0.2, 0) is 11.2 Å². The summed E-state index contributed by atoms with van der Waals surface area (Å²) in [6.07, 6.45) is 9.37. The van der Waals surface area contributed by atoms with E-state index in [-0.39, 0.29) is 30.0 Å². The number of carbonyl (C=O) groups excluding carboxylic acids is 2. The SMILES string of the molecule is CC[C@@H]1C(=O)Nc2cnc(Nc3ccc(C(=O)NC4CCN(C)CC4)c4c3OC(CN(C)C)C4)nc2N1C1CCCC1. The summed E-state index contributed by atoms with van der Waals surface area (Å²) in [5.74, 6) is 1.86. The third-order valence-electron chi connectivity index (χ3n) is 9.10. The molecule has 4 aliphatic rings. The molecule has 11 nitrogen and oxygen atoms in total. The minimum Gasteiger partial charge on any atom is -0.486 e. The topological polar surface area (TPSA) is 115 Å². The molecule has 11 heteroatoms. The third-order valence-corrected chi connectivity index (χ3v) is 9.10. The predicted molar refractivity (Wildman–Crippen MR) is 164 cm³/mol. The number of amides is 2. The van der Waals surface area contributed by atoms with Gasteiger partial charge < -0.3 is 35.4 Å². The molecule has 3 aliphatic heterocycles. The molecular formula is C31H44N8O3. The molecule has 2 amide bonds. The van der Waals surface area contributed by atoms with Crippen molar-refractivity contribution < 1.29 is 14.3 Å². The van der Waals surface area contributed by atoms with Gasteiger partial charge in [-0.1, -0.05) is 19.8 Å². The van der Waals surface area contributed by atoms with Gasteiger partial charge in [0.05, 0.1) is 11.9 Å². The summed E-state index contributed by atoms with van der Waals surface area (Å²) < 4.78 is 6.47. The number of likely N-dealkylation sites (N-methyl/N-ethyl adjacent to an activating group) is 1. The molecule has 1 saturated carbocycles. The molecule has 1 aromatic heterocycles. The van der Waals surface area contributed by atoms with E-state index in [1.165, 1.54) is 12.8 Å². The van der Waals surface area contributed by atoms with Gasteiger partial charge in [0.15, 0.2) is 5.82 Å². The van der Waals surface area contributed by atoms with Gasteiger partial charge in [-0.25, -0.2) is 4.98 Å². The van der Waals surface area contributed by atoms with Crippen LogP contribution in [-0.4, -0.2) is 96.6 Å². The van der Waals surface area contributed by atoms with Crippen molar-refractivity contribution in [3.63, 3.8) is 0 Å². The summed E-state index contributed by atoms with van der Waals surface area (Å²) in [5.41, 5.74) is 2.97. The number of fused-ring (bicyclic) bond motifs is 2. The van der Waals surface area contributed by atoms with Gasteiger partial charge in [0.2, 0.25) is 11.9 Å². The fourth-order valence-electron chi connectivity index (χ4n) is 6.96. The van der Waals surface area contributed by atoms with E-state index in [0.717, 1.165) is 62.4 Å². The number of piperidine rings is 1. The highest BCUT2D eigenvalue weighted by Gasteiger charge is 2.39. The first kappa shape index (κ1) is 28.7. The second kappa shape index (κ2) is 12.0. The van der Waals surface area contributed by atoms with Gasteiger partial charge in [-0.05, 0) is 78.5 Å². The molecule has 0 radical (unpaired) electrons. The number of anilines is 4. The maximum atomic E-state index is 13.5. The number of hydrogen-bond donors (Lipinski definition) is 3. The molecule has 2 aromatic rings. The second-order valence-corrected chi connectivity index (χ2v) is 12.5. The molecule has 2 fully saturated rings. The van der Waals surface area contributed by atoms with Gasteiger partial charge in [0.1, 0.15) is 23.6 Å². The van der Waals surface area contributed by atoms with E-state index in [1.807, 2.05) is 33.2 Å². The molecular weight excluding hydrogens is 532 g/mol. The minimum absolute atomic E-state index is 0.00785. The Hall–Kier alpha value is -3.44. The normalized spacial score (nSPS) is 23.0. The van der Waals surface area contributed by atoms with Crippen molar-refractivity contribution in [2.24, 2.45) is 0 Å². The van der Waals surface area contributed by atoms with Crippen molar-refractivity contribution >= 4 is 35.0 Å². The molecule has 3 N–H and O–H groups in total. The Kier molecular flexibility index (Phi) is 8.22. The average Bonchev–Trinajstić information content (AvgIpc) is 3.64. The van der Waals surface area contributed by atoms with Crippen LogP contribution in [0.1, 0.15) is 67.8 Å². The Morgan fingerprint density at radius 3 is 2.64 bits per heavy atom. The smallest absolute Gasteiger partial charge is 0.251 e. The molecule has 2 atom stereocenters. The van der Waals surface area contributed by atoms with Gasteiger partial charge in [0.25, 0.3) is 5.91 Å². The molecule has 0 bridgehead atoms. The number of carbonyl (C=O) groups is 2. The zero-order chi connectivity index (χ0) is 29.4. The first-order chi connectivity index (χ1) is 20.3.